The molecule has 2 aromatic rings. The first-order valence-electron chi connectivity index (χ1n) is 5.95. The molecule has 1 atom stereocenters. The fourth-order valence-corrected chi connectivity index (χ4v) is 2.14. The zero-order chi connectivity index (χ0) is 14.7. The van der Waals surface area contributed by atoms with Crippen LogP contribution < -0.4 is 0 Å². The second kappa shape index (κ2) is 6.13. The molecule has 20 heavy (non-hydrogen) atoms. The van der Waals surface area contributed by atoms with E-state index in [1.807, 2.05) is 0 Å². The van der Waals surface area contributed by atoms with Gasteiger partial charge >= 0.3 is 5.97 Å². The van der Waals surface area contributed by atoms with Crippen LogP contribution in [0.3, 0.4) is 0 Å². The summed E-state index contributed by atoms with van der Waals surface area (Å²) in [6, 6.07) is 4.43. The van der Waals surface area contributed by atoms with Gasteiger partial charge in [0.2, 0.25) is 5.89 Å². The summed E-state index contributed by atoms with van der Waals surface area (Å²) in [5, 5.41) is 16.3. The van der Waals surface area contributed by atoms with Crippen molar-refractivity contribution in [1.29, 1.82) is 0 Å². The van der Waals surface area contributed by atoms with Gasteiger partial charge < -0.3 is 9.52 Å². The van der Waals surface area contributed by atoms with E-state index in [0.29, 0.717) is 16.8 Å². The number of aromatic nitrogens is 2. The molecule has 1 aromatic heterocycles. The van der Waals surface area contributed by atoms with Crippen molar-refractivity contribution in [3.63, 3.8) is 0 Å². The van der Waals surface area contributed by atoms with Crippen LogP contribution in [-0.4, -0.2) is 21.3 Å². The lowest BCUT2D eigenvalue weighted by Gasteiger charge is -2.03. The third-order valence-electron chi connectivity index (χ3n) is 2.67. The maximum Gasteiger partial charge on any atom is 0.303 e. The third kappa shape index (κ3) is 3.63. The smallest absolute Gasteiger partial charge is 0.303 e. The van der Waals surface area contributed by atoms with Gasteiger partial charge in [0, 0.05) is 17.3 Å². The molecule has 0 aliphatic carbocycles. The fraction of sp³-hybridized carbons (Fsp3) is 0.308. The zero-order valence-electron chi connectivity index (χ0n) is 10.6. The van der Waals surface area contributed by atoms with Crippen molar-refractivity contribution in [3.05, 3.63) is 34.4 Å². The minimum absolute atomic E-state index is 0.0168. The molecule has 0 spiro atoms. The number of hydrogen-bond acceptors (Lipinski definition) is 4. The van der Waals surface area contributed by atoms with Crippen molar-refractivity contribution in [3.8, 4) is 11.5 Å². The summed E-state index contributed by atoms with van der Waals surface area (Å²) in [6.45, 7) is 1.78. The van der Waals surface area contributed by atoms with Gasteiger partial charge in [-0.1, -0.05) is 22.9 Å². The number of aliphatic carboxylic acids is 1. The molecule has 1 aromatic carbocycles. The van der Waals surface area contributed by atoms with Crippen LogP contribution in [0, 0.1) is 11.7 Å². The molecule has 0 amide bonds. The maximum atomic E-state index is 13.7. The molecule has 106 valence electrons. The Hall–Kier alpha value is -1.76. The Balaban J connectivity index is 2.16. The molecule has 1 N–H and O–H groups in total. The van der Waals surface area contributed by atoms with Gasteiger partial charge in [-0.2, -0.15) is 0 Å². The van der Waals surface area contributed by atoms with E-state index in [0.717, 1.165) is 0 Å². The second-order valence-electron chi connectivity index (χ2n) is 4.53. The maximum absolute atomic E-state index is 13.7. The third-order valence-corrected chi connectivity index (χ3v) is 3.17. The number of benzene rings is 1. The quantitative estimate of drug-likeness (QED) is 0.902. The van der Waals surface area contributed by atoms with E-state index in [4.69, 9.17) is 9.52 Å². The predicted octanol–water partition coefficient (Wildman–Crippen LogP) is 3.29. The van der Waals surface area contributed by atoms with Gasteiger partial charge in [0.1, 0.15) is 5.82 Å². The highest BCUT2D eigenvalue weighted by molar-refractivity contribution is 9.10. The number of hydrogen-bond donors (Lipinski definition) is 1. The first kappa shape index (κ1) is 14.6. The van der Waals surface area contributed by atoms with E-state index in [1.54, 1.807) is 19.1 Å². The number of carboxylic acids is 1. The minimum Gasteiger partial charge on any atom is -0.481 e. The average molecular weight is 343 g/mol. The van der Waals surface area contributed by atoms with E-state index in [1.165, 1.54) is 6.07 Å². The molecule has 0 bridgehead atoms. The molecule has 1 heterocycles. The van der Waals surface area contributed by atoms with Crippen LogP contribution in [0.5, 0.6) is 0 Å². The van der Waals surface area contributed by atoms with E-state index in [-0.39, 0.29) is 23.8 Å². The predicted molar refractivity (Wildman–Crippen MR) is 72.5 cm³/mol. The van der Waals surface area contributed by atoms with E-state index in [2.05, 4.69) is 26.1 Å². The van der Waals surface area contributed by atoms with Crippen LogP contribution in [0.2, 0.25) is 0 Å². The van der Waals surface area contributed by atoms with E-state index in [9.17, 15) is 9.18 Å². The van der Waals surface area contributed by atoms with Gasteiger partial charge in [-0.05, 0) is 24.1 Å². The van der Waals surface area contributed by atoms with Crippen LogP contribution in [-0.2, 0) is 11.2 Å². The van der Waals surface area contributed by atoms with Gasteiger partial charge in [-0.3, -0.25) is 4.79 Å². The Bertz CT molecular complexity index is 630. The summed E-state index contributed by atoms with van der Waals surface area (Å²) in [5.41, 5.74) is 0.212. The highest BCUT2D eigenvalue weighted by Gasteiger charge is 2.16. The van der Waals surface area contributed by atoms with Gasteiger partial charge in [0.15, 0.2) is 0 Å². The summed E-state index contributed by atoms with van der Waals surface area (Å²) in [7, 11) is 0. The standard InChI is InChI=1S/C13H12BrFN2O3/c1-7(5-12(18)19)4-11-16-17-13(20-11)9-6-8(14)2-3-10(9)15/h2-3,6-7H,4-5H2,1H3,(H,18,19). The Morgan fingerprint density at radius 1 is 1.50 bits per heavy atom. The largest absolute Gasteiger partial charge is 0.481 e. The fourth-order valence-electron chi connectivity index (χ4n) is 1.77. The molecule has 0 radical (unpaired) electrons. The van der Waals surface area contributed by atoms with Crippen LogP contribution in [0.15, 0.2) is 27.1 Å². The van der Waals surface area contributed by atoms with Gasteiger partial charge in [-0.25, -0.2) is 4.39 Å². The molecule has 0 saturated heterocycles. The Kier molecular flexibility index (Phi) is 4.49. The lowest BCUT2D eigenvalue weighted by Crippen LogP contribution is -2.07. The van der Waals surface area contributed by atoms with E-state index >= 15 is 0 Å². The number of carbonyl (C=O) groups is 1. The molecule has 0 saturated carbocycles. The van der Waals surface area contributed by atoms with Crippen molar-refractivity contribution in [2.45, 2.75) is 19.8 Å². The molecule has 2 rings (SSSR count). The normalized spacial score (nSPS) is 12.3. The molecule has 0 aliphatic rings. The average Bonchev–Trinajstić information content (AvgIpc) is 2.79. The van der Waals surface area contributed by atoms with Gasteiger partial charge in [0.05, 0.1) is 5.56 Å². The number of nitrogens with zero attached hydrogens (tertiary/aromatic N) is 2. The summed E-state index contributed by atoms with van der Waals surface area (Å²) >= 11 is 3.25. The van der Waals surface area contributed by atoms with Crippen molar-refractivity contribution >= 4 is 21.9 Å². The van der Waals surface area contributed by atoms with Crippen molar-refractivity contribution in [2.75, 3.05) is 0 Å². The lowest BCUT2D eigenvalue weighted by molar-refractivity contribution is -0.137. The van der Waals surface area contributed by atoms with Gasteiger partial charge in [0.25, 0.3) is 5.89 Å². The number of halogens is 2. The lowest BCUT2D eigenvalue weighted by atomic mass is 10.0. The highest BCUT2D eigenvalue weighted by atomic mass is 79.9. The molecular weight excluding hydrogens is 331 g/mol. The summed E-state index contributed by atoms with van der Waals surface area (Å²) in [4.78, 5) is 10.6. The van der Waals surface area contributed by atoms with Crippen LogP contribution in [0.4, 0.5) is 4.39 Å². The van der Waals surface area contributed by atoms with Gasteiger partial charge in [-0.15, -0.1) is 10.2 Å². The molecule has 5 nitrogen and oxygen atoms in total. The Labute approximate surface area is 123 Å². The van der Waals surface area contributed by atoms with E-state index < -0.39 is 11.8 Å². The SMILES string of the molecule is CC(CC(=O)O)Cc1nnc(-c2cc(Br)ccc2F)o1. The summed E-state index contributed by atoms with van der Waals surface area (Å²) < 4.78 is 19.8. The van der Waals surface area contributed by atoms with Crippen LogP contribution in [0.1, 0.15) is 19.2 Å². The Morgan fingerprint density at radius 2 is 2.25 bits per heavy atom. The van der Waals surface area contributed by atoms with Crippen molar-refractivity contribution in [1.82, 2.24) is 10.2 Å². The Morgan fingerprint density at radius 3 is 2.95 bits per heavy atom. The van der Waals surface area contributed by atoms with Crippen molar-refractivity contribution < 1.29 is 18.7 Å². The van der Waals surface area contributed by atoms with Crippen molar-refractivity contribution in [2.24, 2.45) is 5.92 Å². The topological polar surface area (TPSA) is 76.2 Å². The molecule has 0 fully saturated rings. The summed E-state index contributed by atoms with van der Waals surface area (Å²) in [5.74, 6) is -1.08. The molecule has 0 aliphatic heterocycles. The first-order valence-corrected chi connectivity index (χ1v) is 6.74. The zero-order valence-corrected chi connectivity index (χ0v) is 12.2. The molecule has 7 heteroatoms. The highest BCUT2D eigenvalue weighted by Crippen LogP contribution is 2.25. The van der Waals surface area contributed by atoms with Crippen LogP contribution >= 0.6 is 15.9 Å². The second-order valence-corrected chi connectivity index (χ2v) is 5.45. The summed E-state index contributed by atoms with van der Waals surface area (Å²) in [6.07, 6.45) is 0.359. The molecular formula is C13H12BrFN2O3. The number of carboxylic acid groups (broad SMARTS) is 1. The monoisotopic (exact) mass is 342 g/mol. The first-order chi connectivity index (χ1) is 9.45. The van der Waals surface area contributed by atoms with Crippen LogP contribution in [0.25, 0.3) is 11.5 Å². The number of rotatable bonds is 5. The minimum atomic E-state index is -0.879. The molecule has 1 unspecified atom stereocenters.